The van der Waals surface area contributed by atoms with Crippen molar-refractivity contribution < 1.29 is 4.92 Å². The van der Waals surface area contributed by atoms with E-state index >= 15 is 0 Å². The van der Waals surface area contributed by atoms with Crippen molar-refractivity contribution in [1.29, 1.82) is 0 Å². The fourth-order valence-electron chi connectivity index (χ4n) is 2.13. The SMILES string of the molecule is O=[N+]([O-])c1cc(C2CC2)ccc1C1CC1. The summed E-state index contributed by atoms with van der Waals surface area (Å²) in [7, 11) is 0. The topological polar surface area (TPSA) is 43.1 Å². The van der Waals surface area contributed by atoms with Gasteiger partial charge in [0.25, 0.3) is 5.69 Å². The van der Waals surface area contributed by atoms with Gasteiger partial charge in [0.05, 0.1) is 4.92 Å². The Morgan fingerprint density at radius 2 is 1.80 bits per heavy atom. The van der Waals surface area contributed by atoms with Crippen LogP contribution >= 0.6 is 0 Å². The third-order valence-electron chi connectivity index (χ3n) is 3.32. The molecule has 0 unspecified atom stereocenters. The van der Waals surface area contributed by atoms with Crippen molar-refractivity contribution in [3.8, 4) is 0 Å². The van der Waals surface area contributed by atoms with Gasteiger partial charge >= 0.3 is 0 Å². The maximum absolute atomic E-state index is 11.0. The van der Waals surface area contributed by atoms with Crippen molar-refractivity contribution >= 4 is 5.69 Å². The third-order valence-corrected chi connectivity index (χ3v) is 3.32. The summed E-state index contributed by atoms with van der Waals surface area (Å²) in [5.74, 6) is 1.05. The van der Waals surface area contributed by atoms with Crippen LogP contribution in [0.15, 0.2) is 18.2 Å². The number of nitro groups is 1. The maximum Gasteiger partial charge on any atom is 0.273 e. The summed E-state index contributed by atoms with van der Waals surface area (Å²) >= 11 is 0. The average molecular weight is 203 g/mol. The molecule has 1 aromatic rings. The Kier molecular flexibility index (Phi) is 1.81. The summed E-state index contributed by atoms with van der Waals surface area (Å²) in [6.45, 7) is 0. The van der Waals surface area contributed by atoms with Crippen molar-refractivity contribution in [2.24, 2.45) is 0 Å². The predicted molar refractivity (Wildman–Crippen MR) is 57.0 cm³/mol. The second kappa shape index (κ2) is 3.05. The minimum Gasteiger partial charge on any atom is -0.258 e. The molecule has 2 fully saturated rings. The van der Waals surface area contributed by atoms with E-state index in [1.807, 2.05) is 6.07 Å². The molecule has 3 heteroatoms. The summed E-state index contributed by atoms with van der Waals surface area (Å²) in [5.41, 5.74) is 2.46. The van der Waals surface area contributed by atoms with Crippen LogP contribution in [0.1, 0.15) is 48.6 Å². The highest BCUT2D eigenvalue weighted by Crippen LogP contribution is 2.47. The lowest BCUT2D eigenvalue weighted by Crippen LogP contribution is -1.95. The molecule has 3 rings (SSSR count). The van der Waals surface area contributed by atoms with Crippen molar-refractivity contribution in [2.45, 2.75) is 37.5 Å². The molecule has 3 nitrogen and oxygen atoms in total. The summed E-state index contributed by atoms with van der Waals surface area (Å²) in [6.07, 6.45) is 4.62. The lowest BCUT2D eigenvalue weighted by Gasteiger charge is -2.03. The highest BCUT2D eigenvalue weighted by Gasteiger charge is 2.32. The first-order valence-corrected chi connectivity index (χ1v) is 5.54. The number of rotatable bonds is 3. The number of nitro benzene ring substituents is 1. The fraction of sp³-hybridized carbons (Fsp3) is 0.500. The van der Waals surface area contributed by atoms with E-state index in [1.54, 1.807) is 6.07 Å². The van der Waals surface area contributed by atoms with Gasteiger partial charge in [-0.05, 0) is 43.1 Å². The molecule has 1 aromatic carbocycles. The van der Waals surface area contributed by atoms with Gasteiger partial charge in [0.15, 0.2) is 0 Å². The molecule has 0 aromatic heterocycles. The minimum absolute atomic E-state index is 0.223. The molecule has 0 bridgehead atoms. The first-order valence-electron chi connectivity index (χ1n) is 5.54. The zero-order valence-corrected chi connectivity index (χ0v) is 8.48. The Bertz CT molecular complexity index is 420. The Morgan fingerprint density at radius 1 is 1.13 bits per heavy atom. The molecule has 78 valence electrons. The van der Waals surface area contributed by atoms with E-state index in [1.165, 1.54) is 12.8 Å². The fourth-order valence-corrected chi connectivity index (χ4v) is 2.13. The molecule has 2 aliphatic carbocycles. The van der Waals surface area contributed by atoms with E-state index in [-0.39, 0.29) is 4.92 Å². The maximum atomic E-state index is 11.0. The second-order valence-corrected chi connectivity index (χ2v) is 4.62. The Morgan fingerprint density at radius 3 is 2.33 bits per heavy atom. The smallest absolute Gasteiger partial charge is 0.258 e. The predicted octanol–water partition coefficient (Wildman–Crippen LogP) is 3.35. The first-order chi connectivity index (χ1) is 7.25. The lowest BCUT2D eigenvalue weighted by atomic mass is 10.0. The second-order valence-electron chi connectivity index (χ2n) is 4.62. The molecule has 0 amide bonds. The zero-order valence-electron chi connectivity index (χ0n) is 8.48. The quantitative estimate of drug-likeness (QED) is 0.558. The van der Waals surface area contributed by atoms with E-state index in [0.29, 0.717) is 17.5 Å². The monoisotopic (exact) mass is 203 g/mol. The van der Waals surface area contributed by atoms with Crippen molar-refractivity contribution in [3.63, 3.8) is 0 Å². The van der Waals surface area contributed by atoms with Gasteiger partial charge in [0.1, 0.15) is 0 Å². The van der Waals surface area contributed by atoms with Crippen LogP contribution in [-0.2, 0) is 0 Å². The molecule has 0 spiro atoms. The summed E-state index contributed by atoms with van der Waals surface area (Å²) in [4.78, 5) is 10.7. The molecular weight excluding hydrogens is 190 g/mol. The molecule has 0 N–H and O–H groups in total. The van der Waals surface area contributed by atoms with Crippen LogP contribution in [0.3, 0.4) is 0 Å². The largest absolute Gasteiger partial charge is 0.273 e. The van der Waals surface area contributed by atoms with E-state index < -0.39 is 0 Å². The molecule has 0 heterocycles. The van der Waals surface area contributed by atoms with Gasteiger partial charge in [0, 0.05) is 11.6 Å². The molecule has 0 saturated heterocycles. The van der Waals surface area contributed by atoms with Gasteiger partial charge in [-0.3, -0.25) is 10.1 Å². The Hall–Kier alpha value is -1.38. The highest BCUT2D eigenvalue weighted by atomic mass is 16.6. The van der Waals surface area contributed by atoms with E-state index in [9.17, 15) is 10.1 Å². The highest BCUT2D eigenvalue weighted by molar-refractivity contribution is 5.48. The lowest BCUT2D eigenvalue weighted by molar-refractivity contribution is -0.385. The van der Waals surface area contributed by atoms with Crippen LogP contribution in [0.5, 0.6) is 0 Å². The van der Waals surface area contributed by atoms with Gasteiger partial charge in [0.2, 0.25) is 0 Å². The first kappa shape index (κ1) is 8.89. The molecule has 0 radical (unpaired) electrons. The molecule has 2 aliphatic rings. The van der Waals surface area contributed by atoms with Crippen molar-refractivity contribution in [3.05, 3.63) is 39.4 Å². The standard InChI is InChI=1S/C12H13NO2/c14-13(15)12-7-10(8-1-2-8)5-6-11(12)9-3-4-9/h5-9H,1-4H2. The average Bonchev–Trinajstić information content (AvgIpc) is 3.07. The Balaban J connectivity index is 2.03. The zero-order chi connectivity index (χ0) is 10.4. The van der Waals surface area contributed by atoms with Gasteiger partial charge < -0.3 is 0 Å². The normalized spacial score (nSPS) is 20.3. The van der Waals surface area contributed by atoms with E-state index in [0.717, 1.165) is 24.0 Å². The van der Waals surface area contributed by atoms with Crippen LogP contribution < -0.4 is 0 Å². The number of hydrogen-bond acceptors (Lipinski definition) is 2. The van der Waals surface area contributed by atoms with Gasteiger partial charge in [-0.2, -0.15) is 0 Å². The summed E-state index contributed by atoms with van der Waals surface area (Å²) < 4.78 is 0. The van der Waals surface area contributed by atoms with E-state index in [2.05, 4.69) is 6.07 Å². The van der Waals surface area contributed by atoms with E-state index in [4.69, 9.17) is 0 Å². The summed E-state index contributed by atoms with van der Waals surface area (Å²) in [6, 6.07) is 5.85. The van der Waals surface area contributed by atoms with Crippen molar-refractivity contribution in [1.82, 2.24) is 0 Å². The molecule has 0 atom stereocenters. The van der Waals surface area contributed by atoms with Gasteiger partial charge in [-0.1, -0.05) is 12.1 Å². The number of nitrogens with zero attached hydrogens (tertiary/aromatic N) is 1. The third kappa shape index (κ3) is 1.62. The summed E-state index contributed by atoms with van der Waals surface area (Å²) in [5, 5.41) is 11.0. The molecular formula is C12H13NO2. The molecule has 0 aliphatic heterocycles. The molecule has 2 saturated carbocycles. The number of benzene rings is 1. The van der Waals surface area contributed by atoms with Gasteiger partial charge in [-0.15, -0.1) is 0 Å². The van der Waals surface area contributed by atoms with Crippen LogP contribution in [0.4, 0.5) is 5.69 Å². The van der Waals surface area contributed by atoms with Crippen LogP contribution in [0.25, 0.3) is 0 Å². The molecule has 15 heavy (non-hydrogen) atoms. The van der Waals surface area contributed by atoms with Crippen LogP contribution in [0.2, 0.25) is 0 Å². The van der Waals surface area contributed by atoms with Crippen molar-refractivity contribution in [2.75, 3.05) is 0 Å². The Labute approximate surface area is 88.3 Å². The van der Waals surface area contributed by atoms with Crippen LogP contribution in [-0.4, -0.2) is 4.92 Å². The minimum atomic E-state index is -0.223. The van der Waals surface area contributed by atoms with Crippen LogP contribution in [0, 0.1) is 10.1 Å². The van der Waals surface area contributed by atoms with Gasteiger partial charge in [-0.25, -0.2) is 0 Å². The number of hydrogen-bond donors (Lipinski definition) is 0.